The number of rotatable bonds is 5. The van der Waals surface area contributed by atoms with Gasteiger partial charge in [0.1, 0.15) is 0 Å². The molecular formula is C11H14N2S2. The maximum absolute atomic E-state index is 4.05. The number of thiazole rings is 1. The minimum absolute atomic E-state index is 0.940. The van der Waals surface area contributed by atoms with Gasteiger partial charge in [-0.15, -0.1) is 22.7 Å². The van der Waals surface area contributed by atoms with Gasteiger partial charge in [-0.25, -0.2) is 0 Å². The lowest BCUT2D eigenvalue weighted by molar-refractivity contribution is 0.695. The van der Waals surface area contributed by atoms with Crippen LogP contribution in [-0.2, 0) is 13.0 Å². The fourth-order valence-electron chi connectivity index (χ4n) is 1.40. The van der Waals surface area contributed by atoms with Crippen LogP contribution in [0, 0.1) is 6.92 Å². The summed E-state index contributed by atoms with van der Waals surface area (Å²) in [5.74, 6) is 0. The van der Waals surface area contributed by atoms with E-state index in [-0.39, 0.29) is 0 Å². The van der Waals surface area contributed by atoms with Crippen LogP contribution < -0.4 is 5.32 Å². The van der Waals surface area contributed by atoms with Crippen molar-refractivity contribution < 1.29 is 0 Å². The molecular weight excluding hydrogens is 224 g/mol. The van der Waals surface area contributed by atoms with Gasteiger partial charge in [-0.2, -0.15) is 0 Å². The Morgan fingerprint density at radius 3 is 3.00 bits per heavy atom. The van der Waals surface area contributed by atoms with Gasteiger partial charge in [-0.1, -0.05) is 0 Å². The van der Waals surface area contributed by atoms with E-state index in [4.69, 9.17) is 0 Å². The number of nitrogens with one attached hydrogen (secondary N) is 1. The smallest absolute Gasteiger partial charge is 0.0794 e. The highest BCUT2D eigenvalue weighted by atomic mass is 32.1. The van der Waals surface area contributed by atoms with Crippen molar-refractivity contribution >= 4 is 22.7 Å². The van der Waals surface area contributed by atoms with E-state index < -0.39 is 0 Å². The summed E-state index contributed by atoms with van der Waals surface area (Å²) >= 11 is 3.55. The lowest BCUT2D eigenvalue weighted by atomic mass is 10.2. The fourth-order valence-corrected chi connectivity index (χ4v) is 2.88. The molecule has 0 aromatic carbocycles. The van der Waals surface area contributed by atoms with Gasteiger partial charge in [-0.05, 0) is 30.4 Å². The maximum atomic E-state index is 4.05. The van der Waals surface area contributed by atoms with E-state index in [0.717, 1.165) is 19.5 Å². The predicted molar refractivity (Wildman–Crippen MR) is 66.6 cm³/mol. The minimum Gasteiger partial charge on any atom is -0.311 e. The van der Waals surface area contributed by atoms with Crippen molar-refractivity contribution in [2.75, 3.05) is 6.54 Å². The summed E-state index contributed by atoms with van der Waals surface area (Å²) in [4.78, 5) is 6.84. The number of hydrogen-bond donors (Lipinski definition) is 1. The van der Waals surface area contributed by atoms with Gasteiger partial charge < -0.3 is 5.32 Å². The molecule has 0 aliphatic heterocycles. The van der Waals surface area contributed by atoms with Crippen molar-refractivity contribution in [3.63, 3.8) is 0 Å². The number of thiophene rings is 1. The molecule has 0 bridgehead atoms. The molecule has 0 fully saturated rings. The third-order valence-electron chi connectivity index (χ3n) is 2.28. The van der Waals surface area contributed by atoms with Crippen LogP contribution in [0.15, 0.2) is 23.2 Å². The maximum Gasteiger partial charge on any atom is 0.0794 e. The Labute approximate surface area is 98.0 Å². The Morgan fingerprint density at radius 2 is 2.33 bits per heavy atom. The molecule has 0 radical (unpaired) electrons. The molecule has 80 valence electrons. The average Bonchev–Trinajstić information content (AvgIpc) is 2.85. The van der Waals surface area contributed by atoms with Crippen molar-refractivity contribution in [2.45, 2.75) is 19.9 Å². The van der Waals surface area contributed by atoms with Crippen LogP contribution in [0.1, 0.15) is 15.3 Å². The molecule has 0 amide bonds. The Kier molecular flexibility index (Phi) is 3.88. The lowest BCUT2D eigenvalue weighted by Gasteiger charge is -2.02. The highest BCUT2D eigenvalue weighted by molar-refractivity contribution is 7.10. The topological polar surface area (TPSA) is 24.9 Å². The molecule has 2 heterocycles. The Morgan fingerprint density at radius 1 is 1.40 bits per heavy atom. The van der Waals surface area contributed by atoms with E-state index in [0.29, 0.717) is 0 Å². The molecule has 2 aromatic rings. The average molecular weight is 238 g/mol. The lowest BCUT2D eigenvalue weighted by Crippen LogP contribution is -2.15. The molecule has 1 N–H and O–H groups in total. The van der Waals surface area contributed by atoms with E-state index in [2.05, 4.69) is 28.7 Å². The first-order valence-corrected chi connectivity index (χ1v) is 6.73. The standard InChI is InChI=1S/C11H14N2S2/c1-9-3-5-14-11(9)2-4-12-6-10-7-13-8-15-10/h3,5,7-8,12H,2,4,6H2,1H3. The Balaban J connectivity index is 1.70. The van der Waals surface area contributed by atoms with E-state index in [1.807, 2.05) is 23.0 Å². The quantitative estimate of drug-likeness (QED) is 0.810. The van der Waals surface area contributed by atoms with Gasteiger partial charge in [0.25, 0.3) is 0 Å². The van der Waals surface area contributed by atoms with E-state index in [9.17, 15) is 0 Å². The van der Waals surface area contributed by atoms with Gasteiger partial charge in [0.2, 0.25) is 0 Å². The summed E-state index contributed by atoms with van der Waals surface area (Å²) in [6.45, 7) is 4.16. The van der Waals surface area contributed by atoms with Gasteiger partial charge in [0.15, 0.2) is 0 Å². The van der Waals surface area contributed by atoms with Crippen LogP contribution in [-0.4, -0.2) is 11.5 Å². The van der Waals surface area contributed by atoms with E-state index in [1.165, 1.54) is 15.3 Å². The van der Waals surface area contributed by atoms with Crippen LogP contribution in [0.25, 0.3) is 0 Å². The molecule has 0 aliphatic rings. The highest BCUT2D eigenvalue weighted by Crippen LogP contribution is 2.15. The number of nitrogens with zero attached hydrogens (tertiary/aromatic N) is 1. The Bertz CT molecular complexity index is 392. The zero-order chi connectivity index (χ0) is 10.5. The third kappa shape index (κ3) is 3.12. The van der Waals surface area contributed by atoms with Gasteiger partial charge in [0.05, 0.1) is 5.51 Å². The first-order valence-electron chi connectivity index (χ1n) is 4.97. The van der Waals surface area contributed by atoms with Gasteiger partial charge >= 0.3 is 0 Å². The normalized spacial score (nSPS) is 10.7. The van der Waals surface area contributed by atoms with Crippen molar-refractivity contribution in [3.05, 3.63) is 38.5 Å². The SMILES string of the molecule is Cc1ccsc1CCNCc1cncs1. The van der Waals surface area contributed by atoms with Crippen LogP contribution in [0.3, 0.4) is 0 Å². The first kappa shape index (κ1) is 10.8. The van der Waals surface area contributed by atoms with Crippen LogP contribution in [0.5, 0.6) is 0 Å². The first-order chi connectivity index (χ1) is 7.36. The predicted octanol–water partition coefficient (Wildman–Crippen LogP) is 2.85. The summed E-state index contributed by atoms with van der Waals surface area (Å²) in [6, 6.07) is 2.18. The third-order valence-corrected chi connectivity index (χ3v) is 4.14. The van der Waals surface area contributed by atoms with Crippen molar-refractivity contribution in [2.24, 2.45) is 0 Å². The molecule has 0 saturated carbocycles. The second-order valence-electron chi connectivity index (χ2n) is 3.42. The zero-order valence-corrected chi connectivity index (χ0v) is 10.3. The van der Waals surface area contributed by atoms with E-state index >= 15 is 0 Å². The summed E-state index contributed by atoms with van der Waals surface area (Å²) in [5.41, 5.74) is 3.29. The Hall–Kier alpha value is -0.710. The monoisotopic (exact) mass is 238 g/mol. The van der Waals surface area contributed by atoms with Crippen LogP contribution in [0.2, 0.25) is 0 Å². The molecule has 0 atom stereocenters. The summed E-state index contributed by atoms with van der Waals surface area (Å²) in [5, 5.41) is 5.59. The van der Waals surface area contributed by atoms with Crippen molar-refractivity contribution in [1.82, 2.24) is 10.3 Å². The molecule has 0 saturated heterocycles. The minimum atomic E-state index is 0.940. The zero-order valence-electron chi connectivity index (χ0n) is 8.69. The molecule has 0 unspecified atom stereocenters. The van der Waals surface area contributed by atoms with Gasteiger partial charge in [0, 0.05) is 29.0 Å². The summed E-state index contributed by atoms with van der Waals surface area (Å²) < 4.78 is 0. The second kappa shape index (κ2) is 5.39. The summed E-state index contributed by atoms with van der Waals surface area (Å²) in [7, 11) is 0. The molecule has 2 aromatic heterocycles. The number of aryl methyl sites for hydroxylation is 1. The van der Waals surface area contributed by atoms with Crippen molar-refractivity contribution in [3.8, 4) is 0 Å². The van der Waals surface area contributed by atoms with Crippen LogP contribution in [0.4, 0.5) is 0 Å². The number of hydrogen-bond acceptors (Lipinski definition) is 4. The summed E-state index contributed by atoms with van der Waals surface area (Å²) in [6.07, 6.45) is 3.05. The molecule has 0 aliphatic carbocycles. The molecule has 0 spiro atoms. The highest BCUT2D eigenvalue weighted by Gasteiger charge is 1.99. The second-order valence-corrected chi connectivity index (χ2v) is 5.39. The van der Waals surface area contributed by atoms with Crippen molar-refractivity contribution in [1.29, 1.82) is 0 Å². The largest absolute Gasteiger partial charge is 0.311 e. The molecule has 2 rings (SSSR count). The molecule has 2 nitrogen and oxygen atoms in total. The fraction of sp³-hybridized carbons (Fsp3) is 0.364. The number of aromatic nitrogens is 1. The molecule has 4 heteroatoms. The van der Waals surface area contributed by atoms with Crippen LogP contribution >= 0.6 is 22.7 Å². The van der Waals surface area contributed by atoms with Gasteiger partial charge in [-0.3, -0.25) is 4.98 Å². The molecule has 15 heavy (non-hydrogen) atoms. The van der Waals surface area contributed by atoms with E-state index in [1.54, 1.807) is 11.3 Å².